The van der Waals surface area contributed by atoms with Crippen LogP contribution in [0.25, 0.3) is 11.5 Å². The van der Waals surface area contributed by atoms with Crippen LogP contribution in [0.2, 0.25) is 0 Å². The molecule has 12 heteroatoms. The van der Waals surface area contributed by atoms with E-state index >= 15 is 0 Å². The molecule has 0 saturated heterocycles. The van der Waals surface area contributed by atoms with E-state index in [1.807, 2.05) is 42.5 Å². The molecule has 0 aliphatic carbocycles. The minimum atomic E-state index is -1.07. The lowest BCUT2D eigenvalue weighted by Crippen LogP contribution is -2.29. The molecule has 5 rings (SSSR count). The number of aryl methyl sites for hydroxylation is 1. The van der Waals surface area contributed by atoms with Gasteiger partial charge in [0.1, 0.15) is 23.2 Å². The van der Waals surface area contributed by atoms with Crippen LogP contribution in [-0.2, 0) is 19.5 Å². The molecule has 0 aromatic carbocycles. The van der Waals surface area contributed by atoms with Crippen LogP contribution in [0.5, 0.6) is 0 Å². The van der Waals surface area contributed by atoms with Crippen molar-refractivity contribution in [2.75, 3.05) is 30.5 Å². The molecule has 2 N–H and O–H groups in total. The van der Waals surface area contributed by atoms with Crippen molar-refractivity contribution in [1.82, 2.24) is 29.6 Å². The molecule has 5 heterocycles. The highest BCUT2D eigenvalue weighted by Gasteiger charge is 2.34. The van der Waals surface area contributed by atoms with E-state index in [0.717, 1.165) is 23.6 Å². The van der Waals surface area contributed by atoms with Crippen LogP contribution >= 0.6 is 0 Å². The van der Waals surface area contributed by atoms with Crippen LogP contribution in [0.1, 0.15) is 53.7 Å². The van der Waals surface area contributed by atoms with Gasteiger partial charge in [-0.05, 0) is 38.5 Å². The van der Waals surface area contributed by atoms with Gasteiger partial charge in [0.05, 0.1) is 37.0 Å². The average molecular weight is 507 g/mol. The number of aromatic nitrogens is 5. The normalized spacial score (nSPS) is 16.3. The van der Waals surface area contributed by atoms with Crippen LogP contribution in [0, 0.1) is 0 Å². The molecule has 1 atom stereocenters. The zero-order valence-electron chi connectivity index (χ0n) is 21.3. The summed E-state index contributed by atoms with van der Waals surface area (Å²) in [5.74, 6) is 2.20. The van der Waals surface area contributed by atoms with Gasteiger partial charge in [-0.25, -0.2) is 14.8 Å². The Bertz CT molecular complexity index is 1370. The Morgan fingerprint density at radius 1 is 1.22 bits per heavy atom. The summed E-state index contributed by atoms with van der Waals surface area (Å²) in [6.07, 6.45) is 0.462. The summed E-state index contributed by atoms with van der Waals surface area (Å²) < 4.78 is 1.92. The van der Waals surface area contributed by atoms with Crippen LogP contribution < -0.4 is 9.80 Å². The maximum Gasteiger partial charge on any atom is 0.407 e. The first kappa shape index (κ1) is 24.6. The molecule has 2 amide bonds. The summed E-state index contributed by atoms with van der Waals surface area (Å²) in [4.78, 5) is 39.3. The number of carbonyl (C=O) groups excluding carboxylic acids is 1. The molecule has 0 saturated carbocycles. The second kappa shape index (κ2) is 9.43. The molecule has 0 fully saturated rings. The third-order valence-corrected chi connectivity index (χ3v) is 7.12. The van der Waals surface area contributed by atoms with Crippen molar-refractivity contribution in [3.05, 3.63) is 46.9 Å². The Labute approximate surface area is 214 Å². The van der Waals surface area contributed by atoms with Gasteiger partial charge in [0, 0.05) is 32.1 Å². The molecule has 37 heavy (non-hydrogen) atoms. The lowest BCUT2D eigenvalue weighted by Gasteiger charge is -2.24. The van der Waals surface area contributed by atoms with E-state index in [0.29, 0.717) is 40.0 Å². The number of aliphatic hydroxyl groups is 1. The van der Waals surface area contributed by atoms with Crippen molar-refractivity contribution in [3.8, 4) is 11.5 Å². The van der Waals surface area contributed by atoms with Gasteiger partial charge in [-0.2, -0.15) is 0 Å². The van der Waals surface area contributed by atoms with E-state index in [9.17, 15) is 19.8 Å². The number of hydrogen-bond acceptors (Lipinski definition) is 8. The van der Waals surface area contributed by atoms with Gasteiger partial charge < -0.3 is 24.6 Å². The Morgan fingerprint density at radius 2 is 2.00 bits per heavy atom. The van der Waals surface area contributed by atoms with E-state index in [2.05, 4.69) is 10.2 Å². The fourth-order valence-electron chi connectivity index (χ4n) is 4.75. The van der Waals surface area contributed by atoms with E-state index in [-0.39, 0.29) is 37.7 Å². The number of rotatable bonds is 7. The highest BCUT2D eigenvalue weighted by Crippen LogP contribution is 2.34. The van der Waals surface area contributed by atoms with Gasteiger partial charge in [0.2, 0.25) is 0 Å². The van der Waals surface area contributed by atoms with Crippen molar-refractivity contribution in [3.63, 3.8) is 0 Å². The number of aliphatic hydroxyl groups excluding tert-OH is 1. The monoisotopic (exact) mass is 506 g/mol. The summed E-state index contributed by atoms with van der Waals surface area (Å²) in [5.41, 5.74) is 2.28. The molecule has 2 aliphatic heterocycles. The number of carboxylic acid groups (broad SMARTS) is 1. The molecule has 12 nitrogen and oxygen atoms in total. The van der Waals surface area contributed by atoms with Gasteiger partial charge in [-0.3, -0.25) is 9.69 Å². The predicted molar refractivity (Wildman–Crippen MR) is 135 cm³/mol. The molecule has 3 aromatic heterocycles. The number of pyridine rings is 2. The SMILES string of the molecule is CC(C)N(C)c1cc2c(c(CN(C)C(=O)O)n1)CN(c1cccc(-c3nnc4n3[C@H](CO)CC4)n1)C2=O. The first-order chi connectivity index (χ1) is 17.7. The lowest BCUT2D eigenvalue weighted by molar-refractivity contribution is 0.0996. The van der Waals surface area contributed by atoms with Crippen LogP contribution in [0.3, 0.4) is 0 Å². The highest BCUT2D eigenvalue weighted by molar-refractivity contribution is 6.10. The zero-order chi connectivity index (χ0) is 26.4. The maximum atomic E-state index is 13.6. The summed E-state index contributed by atoms with van der Waals surface area (Å²) in [7, 11) is 3.37. The number of nitrogens with zero attached hydrogens (tertiary/aromatic N) is 8. The molecular formula is C25H30N8O4. The summed E-state index contributed by atoms with van der Waals surface area (Å²) in [6, 6.07) is 7.19. The average Bonchev–Trinajstić information content (AvgIpc) is 3.57. The number of anilines is 2. The van der Waals surface area contributed by atoms with Crippen LogP contribution in [0.4, 0.5) is 16.4 Å². The summed E-state index contributed by atoms with van der Waals surface area (Å²) >= 11 is 0. The molecule has 0 unspecified atom stereocenters. The molecule has 0 spiro atoms. The molecule has 0 bridgehead atoms. The van der Waals surface area contributed by atoms with Gasteiger partial charge in [-0.15, -0.1) is 10.2 Å². The molecule has 194 valence electrons. The molecule has 2 aliphatic rings. The van der Waals surface area contributed by atoms with Gasteiger partial charge in [0.25, 0.3) is 5.91 Å². The van der Waals surface area contributed by atoms with Gasteiger partial charge in [-0.1, -0.05) is 6.07 Å². The van der Waals surface area contributed by atoms with Crippen LogP contribution in [-0.4, -0.2) is 78.6 Å². The minimum absolute atomic E-state index is 0.00856. The number of hydrogen-bond donors (Lipinski definition) is 2. The Kier molecular flexibility index (Phi) is 6.28. The third-order valence-electron chi connectivity index (χ3n) is 7.12. The Hall–Kier alpha value is -4.06. The lowest BCUT2D eigenvalue weighted by atomic mass is 10.1. The number of fused-ring (bicyclic) bond motifs is 2. The second-order valence-corrected chi connectivity index (χ2v) is 9.75. The van der Waals surface area contributed by atoms with Crippen molar-refractivity contribution in [2.24, 2.45) is 0 Å². The third kappa shape index (κ3) is 4.26. The largest absolute Gasteiger partial charge is 0.465 e. The van der Waals surface area contributed by atoms with E-state index in [1.54, 1.807) is 17.0 Å². The molecule has 3 aromatic rings. The first-order valence-corrected chi connectivity index (χ1v) is 12.2. The van der Waals surface area contributed by atoms with E-state index in [4.69, 9.17) is 9.97 Å². The van der Waals surface area contributed by atoms with E-state index in [1.165, 1.54) is 7.05 Å². The first-order valence-electron chi connectivity index (χ1n) is 12.2. The van der Waals surface area contributed by atoms with Crippen molar-refractivity contribution < 1.29 is 19.8 Å². The molecular weight excluding hydrogens is 476 g/mol. The van der Waals surface area contributed by atoms with Crippen molar-refractivity contribution >= 4 is 23.6 Å². The Balaban J connectivity index is 1.52. The second-order valence-electron chi connectivity index (χ2n) is 9.75. The fraction of sp³-hybridized carbons (Fsp3) is 0.440. The fourth-order valence-corrected chi connectivity index (χ4v) is 4.75. The van der Waals surface area contributed by atoms with Crippen molar-refractivity contribution in [2.45, 2.75) is 51.9 Å². The maximum absolute atomic E-state index is 13.6. The van der Waals surface area contributed by atoms with Crippen molar-refractivity contribution in [1.29, 1.82) is 0 Å². The number of carbonyl (C=O) groups is 2. The zero-order valence-corrected chi connectivity index (χ0v) is 21.3. The van der Waals surface area contributed by atoms with Gasteiger partial charge in [0.15, 0.2) is 5.82 Å². The minimum Gasteiger partial charge on any atom is -0.465 e. The Morgan fingerprint density at radius 3 is 2.70 bits per heavy atom. The number of amides is 2. The van der Waals surface area contributed by atoms with E-state index < -0.39 is 6.09 Å². The topological polar surface area (TPSA) is 141 Å². The summed E-state index contributed by atoms with van der Waals surface area (Å²) in [5, 5.41) is 27.8. The standard InChI is InChI=1S/C25H30N8O4/c1-14(2)31(4)22-10-16-17(19(27-22)12-30(3)25(36)37)11-32(24(16)35)20-7-5-6-18(26-20)23-29-28-21-9-8-15(13-34)33(21)23/h5-7,10,14-15,34H,8-9,11-13H2,1-4H3,(H,36,37)/t15-/m0/s1. The van der Waals surface area contributed by atoms with Gasteiger partial charge >= 0.3 is 6.09 Å². The molecule has 0 radical (unpaired) electrons. The summed E-state index contributed by atoms with van der Waals surface area (Å²) in [6.45, 7) is 4.31. The smallest absolute Gasteiger partial charge is 0.407 e. The predicted octanol–water partition coefficient (Wildman–Crippen LogP) is 2.33. The van der Waals surface area contributed by atoms with Crippen LogP contribution in [0.15, 0.2) is 24.3 Å². The quantitative estimate of drug-likeness (QED) is 0.494. The highest BCUT2D eigenvalue weighted by atomic mass is 16.4.